The van der Waals surface area contributed by atoms with Crippen molar-refractivity contribution in [2.45, 2.75) is 49.2 Å². The van der Waals surface area contributed by atoms with Crippen LogP contribution in [0.15, 0.2) is 47.4 Å². The normalized spacial score (nSPS) is 15.4. The number of benzene rings is 2. The number of nitrogens with zero attached hydrogens (tertiary/aromatic N) is 2. The summed E-state index contributed by atoms with van der Waals surface area (Å²) in [6.07, 6.45) is -1.59. The number of anilines is 2. The minimum absolute atomic E-state index is 0.00544. The minimum Gasteiger partial charge on any atom is -0.433 e. The summed E-state index contributed by atoms with van der Waals surface area (Å²) in [4.78, 5) is 2.91. The Labute approximate surface area is 251 Å². The van der Waals surface area contributed by atoms with Crippen LogP contribution in [0.5, 0.6) is 5.75 Å². The summed E-state index contributed by atoms with van der Waals surface area (Å²) < 4.78 is 77.3. The smallest absolute Gasteiger partial charge is 0.406 e. The highest BCUT2D eigenvalue weighted by molar-refractivity contribution is 7.98. The van der Waals surface area contributed by atoms with E-state index < -0.39 is 25.4 Å². The van der Waals surface area contributed by atoms with Gasteiger partial charge in [-0.2, -0.15) is 22.0 Å². The molecule has 1 unspecified atom stereocenters. The first kappa shape index (κ1) is 32.7. The number of aromatic nitrogens is 1. The molecule has 0 amide bonds. The number of thioether (sulfide) groups is 1. The third kappa shape index (κ3) is 9.40. The average molecular weight is 627 g/mol. The molecule has 1 aromatic heterocycles. The van der Waals surface area contributed by atoms with Gasteiger partial charge in [-0.25, -0.2) is 0 Å². The molecule has 1 saturated heterocycles. The number of ether oxygens (including phenoxy) is 2. The van der Waals surface area contributed by atoms with Gasteiger partial charge in [-0.1, -0.05) is 12.0 Å². The minimum atomic E-state index is -4.47. The zero-order valence-electron chi connectivity index (χ0n) is 23.9. The summed E-state index contributed by atoms with van der Waals surface area (Å²) in [5.41, 5.74) is 1.61. The van der Waals surface area contributed by atoms with Crippen molar-refractivity contribution in [3.05, 3.63) is 48.2 Å². The van der Waals surface area contributed by atoms with Crippen molar-refractivity contribution in [3.8, 4) is 17.6 Å². The number of hydrogen-bond acceptors (Lipinski definition) is 7. The molecule has 1 aliphatic heterocycles. The van der Waals surface area contributed by atoms with Gasteiger partial charge in [0.15, 0.2) is 0 Å². The quantitative estimate of drug-likeness (QED) is 0.132. The van der Waals surface area contributed by atoms with E-state index in [-0.39, 0.29) is 30.6 Å². The largest absolute Gasteiger partial charge is 0.433 e. The molecule has 0 bridgehead atoms. The Morgan fingerprint density at radius 2 is 1.88 bits per heavy atom. The lowest BCUT2D eigenvalue weighted by Crippen LogP contribution is -2.43. The number of aliphatic hydroxyl groups is 1. The van der Waals surface area contributed by atoms with Crippen molar-refractivity contribution in [2.24, 2.45) is 0 Å². The second-order valence-corrected chi connectivity index (χ2v) is 11.1. The molecule has 7 nitrogen and oxygen atoms in total. The molecule has 234 valence electrons. The SMILES string of the molecule is COCC(O)CN1CCC(Nc2cccc3c2cc(C#CCNc2ccc(SC)cc2OC(F)F)n3CC(F)(F)F)CC1. The molecule has 13 heteroatoms. The van der Waals surface area contributed by atoms with Crippen LogP contribution in [0.4, 0.5) is 33.3 Å². The molecule has 0 aliphatic carbocycles. The van der Waals surface area contributed by atoms with Gasteiger partial charge in [-0.3, -0.25) is 0 Å². The van der Waals surface area contributed by atoms with E-state index in [4.69, 9.17) is 4.74 Å². The van der Waals surface area contributed by atoms with Gasteiger partial charge >= 0.3 is 12.8 Å². The van der Waals surface area contributed by atoms with E-state index in [1.165, 1.54) is 17.8 Å². The van der Waals surface area contributed by atoms with E-state index in [9.17, 15) is 27.1 Å². The summed E-state index contributed by atoms with van der Waals surface area (Å²) >= 11 is 1.37. The number of rotatable bonds is 12. The molecular formula is C30H35F5N4O3S. The number of piperidine rings is 1. The van der Waals surface area contributed by atoms with Gasteiger partial charge in [0.05, 0.1) is 36.2 Å². The standard InChI is InChI=1S/C30H35F5N4O3S/c1-41-18-22(40)17-38-13-10-20(11-14-38)37-25-6-3-7-27-24(25)15-21(39(27)19-30(33,34)35)5-4-12-36-26-9-8-23(43-2)16-28(26)42-29(31)32/h3,6-9,15-16,20,22,29,36-37,40H,10-14,17-19H2,1-2H3. The number of fused-ring (bicyclic) bond motifs is 1. The third-order valence-electron chi connectivity index (χ3n) is 7.05. The van der Waals surface area contributed by atoms with E-state index >= 15 is 0 Å². The van der Waals surface area contributed by atoms with Gasteiger partial charge in [-0.15, -0.1) is 11.8 Å². The van der Waals surface area contributed by atoms with Gasteiger partial charge in [0.25, 0.3) is 0 Å². The Bertz CT molecular complexity index is 1410. The molecule has 1 atom stereocenters. The molecule has 43 heavy (non-hydrogen) atoms. The van der Waals surface area contributed by atoms with E-state index in [2.05, 4.69) is 32.1 Å². The van der Waals surface area contributed by atoms with Crippen LogP contribution in [0.25, 0.3) is 10.9 Å². The number of halogens is 5. The van der Waals surface area contributed by atoms with E-state index in [1.807, 2.05) is 6.07 Å². The summed E-state index contributed by atoms with van der Waals surface area (Å²) in [7, 11) is 1.55. The van der Waals surface area contributed by atoms with Crippen LogP contribution < -0.4 is 15.4 Å². The van der Waals surface area contributed by atoms with Crippen LogP contribution >= 0.6 is 11.8 Å². The lowest BCUT2D eigenvalue weighted by Gasteiger charge is -2.34. The zero-order valence-corrected chi connectivity index (χ0v) is 24.7. The molecule has 1 fully saturated rings. The molecule has 0 spiro atoms. The predicted octanol–water partition coefficient (Wildman–Crippen LogP) is 5.87. The fourth-order valence-electron chi connectivity index (χ4n) is 5.13. The molecule has 0 radical (unpaired) electrons. The van der Waals surface area contributed by atoms with Crippen molar-refractivity contribution in [3.63, 3.8) is 0 Å². The second kappa shape index (κ2) is 15.0. The average Bonchev–Trinajstić information content (AvgIpc) is 3.29. The van der Waals surface area contributed by atoms with Gasteiger partial charge in [0.2, 0.25) is 0 Å². The number of likely N-dealkylation sites (tertiary alicyclic amines) is 1. The van der Waals surface area contributed by atoms with E-state index in [0.717, 1.165) is 41.1 Å². The monoisotopic (exact) mass is 626 g/mol. The Kier molecular flexibility index (Phi) is 11.4. The second-order valence-electron chi connectivity index (χ2n) is 10.2. The topological polar surface area (TPSA) is 70.9 Å². The third-order valence-corrected chi connectivity index (χ3v) is 7.77. The van der Waals surface area contributed by atoms with Crippen LogP contribution in [-0.4, -0.2) is 85.7 Å². The van der Waals surface area contributed by atoms with Crippen molar-refractivity contribution in [2.75, 3.05) is 56.8 Å². The maximum absolute atomic E-state index is 13.6. The summed E-state index contributed by atoms with van der Waals surface area (Å²) in [6, 6.07) is 11.8. The lowest BCUT2D eigenvalue weighted by atomic mass is 10.0. The highest BCUT2D eigenvalue weighted by Crippen LogP contribution is 2.32. The summed E-state index contributed by atoms with van der Waals surface area (Å²) in [5, 5.41) is 17.1. The number of aliphatic hydroxyl groups excluding tert-OH is 1. The number of methoxy groups -OCH3 is 1. The fraction of sp³-hybridized carbons (Fsp3) is 0.467. The molecule has 2 heterocycles. The number of hydrogen-bond donors (Lipinski definition) is 3. The Morgan fingerprint density at radius 1 is 1.12 bits per heavy atom. The fourth-order valence-corrected chi connectivity index (χ4v) is 5.56. The molecule has 4 rings (SSSR count). The number of nitrogens with one attached hydrogen (secondary N) is 2. The van der Waals surface area contributed by atoms with Crippen LogP contribution in [0.1, 0.15) is 18.5 Å². The maximum Gasteiger partial charge on any atom is 0.406 e. The molecular weight excluding hydrogens is 591 g/mol. The highest BCUT2D eigenvalue weighted by Gasteiger charge is 2.30. The number of alkyl halides is 5. The molecule has 3 aromatic rings. The van der Waals surface area contributed by atoms with Gasteiger partial charge in [0.1, 0.15) is 12.3 Å². The Morgan fingerprint density at radius 3 is 2.56 bits per heavy atom. The van der Waals surface area contributed by atoms with Crippen molar-refractivity contribution in [1.82, 2.24) is 9.47 Å². The number of β-amino-alcohol motifs (C(OH)–C–C–N with tert-alkyl or cyclic N) is 1. The molecule has 1 aliphatic rings. The lowest BCUT2D eigenvalue weighted by molar-refractivity contribution is -0.140. The Balaban J connectivity index is 1.51. The van der Waals surface area contributed by atoms with Crippen LogP contribution in [0.2, 0.25) is 0 Å². The molecule has 3 N–H and O–H groups in total. The first-order valence-corrected chi connectivity index (χ1v) is 15.0. The zero-order chi connectivity index (χ0) is 31.0. The van der Waals surface area contributed by atoms with Crippen LogP contribution in [0.3, 0.4) is 0 Å². The maximum atomic E-state index is 13.6. The molecule has 0 saturated carbocycles. The highest BCUT2D eigenvalue weighted by atomic mass is 32.2. The van der Waals surface area contributed by atoms with Gasteiger partial charge in [-0.05, 0) is 61.4 Å². The summed E-state index contributed by atoms with van der Waals surface area (Å²) in [5.74, 6) is 5.62. The van der Waals surface area contributed by atoms with Crippen molar-refractivity contribution in [1.29, 1.82) is 0 Å². The first-order chi connectivity index (χ1) is 20.6. The van der Waals surface area contributed by atoms with E-state index in [0.29, 0.717) is 23.1 Å². The van der Waals surface area contributed by atoms with Crippen molar-refractivity contribution >= 4 is 34.0 Å². The van der Waals surface area contributed by atoms with Crippen molar-refractivity contribution < 1.29 is 36.5 Å². The van der Waals surface area contributed by atoms with E-state index in [1.54, 1.807) is 43.7 Å². The van der Waals surface area contributed by atoms with Gasteiger partial charge in [0, 0.05) is 48.8 Å². The predicted molar refractivity (Wildman–Crippen MR) is 159 cm³/mol. The summed E-state index contributed by atoms with van der Waals surface area (Å²) in [6.45, 7) is -1.87. The van der Waals surface area contributed by atoms with Crippen LogP contribution in [-0.2, 0) is 11.3 Å². The van der Waals surface area contributed by atoms with Crippen LogP contribution in [0, 0.1) is 11.8 Å². The Hall–Kier alpha value is -3.18. The molecule has 2 aromatic carbocycles. The van der Waals surface area contributed by atoms with Gasteiger partial charge < -0.3 is 34.7 Å². The first-order valence-electron chi connectivity index (χ1n) is 13.8.